The Kier molecular flexibility index (Phi) is 8.73. The minimum Gasteiger partial charge on any atom is -0.493 e. The largest absolute Gasteiger partial charge is 0.493 e. The SMILES string of the molecule is CCOc1c(Br)cc(CNCCN(CC)CC)cc1OC. The fourth-order valence-electron chi connectivity index (χ4n) is 2.17. The van der Waals surface area contributed by atoms with E-state index in [0.29, 0.717) is 6.61 Å². The van der Waals surface area contributed by atoms with Gasteiger partial charge in [0.1, 0.15) is 0 Å². The van der Waals surface area contributed by atoms with Gasteiger partial charge in [0.2, 0.25) is 0 Å². The molecule has 0 saturated carbocycles. The molecule has 0 fully saturated rings. The lowest BCUT2D eigenvalue weighted by Crippen LogP contribution is -2.31. The molecule has 0 aromatic heterocycles. The zero-order valence-corrected chi connectivity index (χ0v) is 15.1. The van der Waals surface area contributed by atoms with E-state index in [1.54, 1.807) is 7.11 Å². The number of halogens is 1. The van der Waals surface area contributed by atoms with Gasteiger partial charge in [-0.05, 0) is 53.6 Å². The summed E-state index contributed by atoms with van der Waals surface area (Å²) in [4.78, 5) is 2.40. The third-order valence-corrected chi connectivity index (χ3v) is 4.00. The van der Waals surface area contributed by atoms with Crippen LogP contribution in [-0.4, -0.2) is 44.8 Å². The van der Waals surface area contributed by atoms with Crippen LogP contribution in [-0.2, 0) is 6.54 Å². The molecule has 0 amide bonds. The van der Waals surface area contributed by atoms with Gasteiger partial charge in [-0.1, -0.05) is 13.8 Å². The molecule has 0 heterocycles. The molecular formula is C16H27BrN2O2. The summed E-state index contributed by atoms with van der Waals surface area (Å²) < 4.78 is 11.9. The minimum atomic E-state index is 0.621. The lowest BCUT2D eigenvalue weighted by atomic mass is 10.2. The van der Waals surface area contributed by atoms with Crippen molar-refractivity contribution >= 4 is 15.9 Å². The van der Waals surface area contributed by atoms with Crippen LogP contribution in [0.5, 0.6) is 11.5 Å². The van der Waals surface area contributed by atoms with Gasteiger partial charge >= 0.3 is 0 Å². The van der Waals surface area contributed by atoms with Gasteiger partial charge in [0.05, 0.1) is 18.2 Å². The Hall–Kier alpha value is -0.780. The van der Waals surface area contributed by atoms with Crippen LogP contribution in [0.25, 0.3) is 0 Å². The standard InChI is InChI=1S/C16H27BrN2O2/c1-5-19(6-2)9-8-18-12-13-10-14(17)16(21-7-3)15(11-13)20-4/h10-11,18H,5-9,12H2,1-4H3. The van der Waals surface area contributed by atoms with Gasteiger partial charge in [-0.2, -0.15) is 0 Å². The summed E-state index contributed by atoms with van der Waals surface area (Å²) in [6.07, 6.45) is 0. The molecule has 120 valence electrons. The van der Waals surface area contributed by atoms with E-state index in [-0.39, 0.29) is 0 Å². The lowest BCUT2D eigenvalue weighted by Gasteiger charge is -2.18. The molecule has 0 bridgehead atoms. The summed E-state index contributed by atoms with van der Waals surface area (Å²) in [7, 11) is 1.67. The maximum absolute atomic E-state index is 5.60. The molecule has 1 aromatic rings. The Morgan fingerprint density at radius 3 is 2.48 bits per heavy atom. The Morgan fingerprint density at radius 1 is 1.19 bits per heavy atom. The van der Waals surface area contributed by atoms with E-state index in [4.69, 9.17) is 9.47 Å². The minimum absolute atomic E-state index is 0.621. The van der Waals surface area contributed by atoms with E-state index in [0.717, 1.165) is 48.7 Å². The van der Waals surface area contributed by atoms with Crippen molar-refractivity contribution in [1.82, 2.24) is 10.2 Å². The second-order valence-corrected chi connectivity index (χ2v) is 5.60. The molecule has 0 aliphatic rings. The highest BCUT2D eigenvalue weighted by Gasteiger charge is 2.11. The number of benzene rings is 1. The third kappa shape index (κ3) is 5.85. The topological polar surface area (TPSA) is 33.7 Å². The number of hydrogen-bond acceptors (Lipinski definition) is 4. The zero-order valence-electron chi connectivity index (χ0n) is 13.5. The Labute approximate surface area is 136 Å². The molecule has 0 radical (unpaired) electrons. The molecule has 4 nitrogen and oxygen atoms in total. The van der Waals surface area contributed by atoms with Crippen LogP contribution in [0.3, 0.4) is 0 Å². The Balaban J connectivity index is 2.58. The van der Waals surface area contributed by atoms with E-state index in [1.165, 1.54) is 5.56 Å². The summed E-state index contributed by atoms with van der Waals surface area (Å²) in [5, 5.41) is 3.47. The van der Waals surface area contributed by atoms with Crippen molar-refractivity contribution in [2.45, 2.75) is 27.3 Å². The number of rotatable bonds is 10. The van der Waals surface area contributed by atoms with Crippen LogP contribution >= 0.6 is 15.9 Å². The van der Waals surface area contributed by atoms with Crippen molar-refractivity contribution < 1.29 is 9.47 Å². The first-order valence-corrected chi connectivity index (χ1v) is 8.37. The normalized spacial score (nSPS) is 11.0. The van der Waals surface area contributed by atoms with Crippen molar-refractivity contribution in [2.75, 3.05) is 39.9 Å². The molecular weight excluding hydrogens is 332 g/mol. The first-order chi connectivity index (χ1) is 10.2. The van der Waals surface area contributed by atoms with Crippen LogP contribution in [0.4, 0.5) is 0 Å². The molecule has 1 aromatic carbocycles. The molecule has 0 saturated heterocycles. The summed E-state index contributed by atoms with van der Waals surface area (Å²) >= 11 is 3.55. The summed E-state index contributed by atoms with van der Waals surface area (Å²) in [5.41, 5.74) is 1.18. The number of methoxy groups -OCH3 is 1. The fourth-order valence-corrected chi connectivity index (χ4v) is 2.77. The highest BCUT2D eigenvalue weighted by atomic mass is 79.9. The zero-order chi connectivity index (χ0) is 15.7. The van der Waals surface area contributed by atoms with Gasteiger partial charge < -0.3 is 19.7 Å². The first-order valence-electron chi connectivity index (χ1n) is 7.58. The number of nitrogens with zero attached hydrogens (tertiary/aromatic N) is 1. The second kappa shape index (κ2) is 10.0. The van der Waals surface area contributed by atoms with Gasteiger partial charge in [-0.25, -0.2) is 0 Å². The number of hydrogen-bond donors (Lipinski definition) is 1. The summed E-state index contributed by atoms with van der Waals surface area (Å²) in [6, 6.07) is 4.11. The lowest BCUT2D eigenvalue weighted by molar-refractivity contribution is 0.301. The van der Waals surface area contributed by atoms with Crippen molar-refractivity contribution in [3.05, 3.63) is 22.2 Å². The van der Waals surface area contributed by atoms with E-state index in [9.17, 15) is 0 Å². The van der Waals surface area contributed by atoms with Crippen LogP contribution in [0, 0.1) is 0 Å². The van der Waals surface area contributed by atoms with Crippen LogP contribution in [0.15, 0.2) is 16.6 Å². The predicted octanol–water partition coefficient (Wildman–Crippen LogP) is 3.29. The quantitative estimate of drug-likeness (QED) is 0.650. The number of nitrogens with one attached hydrogen (secondary N) is 1. The van der Waals surface area contributed by atoms with Crippen molar-refractivity contribution in [2.24, 2.45) is 0 Å². The van der Waals surface area contributed by atoms with Crippen LogP contribution < -0.4 is 14.8 Å². The highest BCUT2D eigenvalue weighted by molar-refractivity contribution is 9.10. The van der Waals surface area contributed by atoms with Gasteiger partial charge in [-0.3, -0.25) is 0 Å². The van der Waals surface area contributed by atoms with Crippen molar-refractivity contribution in [3.8, 4) is 11.5 Å². The van der Waals surface area contributed by atoms with Gasteiger partial charge in [-0.15, -0.1) is 0 Å². The van der Waals surface area contributed by atoms with Crippen LogP contribution in [0.2, 0.25) is 0 Å². The molecule has 0 aliphatic heterocycles. The van der Waals surface area contributed by atoms with Crippen molar-refractivity contribution in [1.29, 1.82) is 0 Å². The van der Waals surface area contributed by atoms with E-state index >= 15 is 0 Å². The average molecular weight is 359 g/mol. The third-order valence-electron chi connectivity index (χ3n) is 3.41. The molecule has 0 aliphatic carbocycles. The van der Waals surface area contributed by atoms with Gasteiger partial charge in [0, 0.05) is 19.6 Å². The average Bonchev–Trinajstić information content (AvgIpc) is 2.49. The molecule has 5 heteroatoms. The second-order valence-electron chi connectivity index (χ2n) is 4.75. The number of likely N-dealkylation sites (N-methyl/N-ethyl adjacent to an activating group) is 1. The van der Waals surface area contributed by atoms with E-state index < -0.39 is 0 Å². The maximum Gasteiger partial charge on any atom is 0.175 e. The monoisotopic (exact) mass is 358 g/mol. The Bertz CT molecular complexity index is 423. The molecule has 0 unspecified atom stereocenters. The molecule has 1 N–H and O–H groups in total. The van der Waals surface area contributed by atoms with E-state index in [1.807, 2.05) is 13.0 Å². The van der Waals surface area contributed by atoms with E-state index in [2.05, 4.69) is 46.1 Å². The molecule has 0 atom stereocenters. The van der Waals surface area contributed by atoms with Gasteiger partial charge in [0.15, 0.2) is 11.5 Å². The number of ether oxygens (including phenoxy) is 2. The Morgan fingerprint density at radius 2 is 1.90 bits per heavy atom. The smallest absolute Gasteiger partial charge is 0.175 e. The van der Waals surface area contributed by atoms with Gasteiger partial charge in [0.25, 0.3) is 0 Å². The summed E-state index contributed by atoms with van der Waals surface area (Å²) in [5.74, 6) is 1.54. The van der Waals surface area contributed by atoms with Crippen molar-refractivity contribution in [3.63, 3.8) is 0 Å². The fraction of sp³-hybridized carbons (Fsp3) is 0.625. The molecule has 1 rings (SSSR count). The predicted molar refractivity (Wildman–Crippen MR) is 91.4 cm³/mol. The van der Waals surface area contributed by atoms with Crippen LogP contribution in [0.1, 0.15) is 26.3 Å². The highest BCUT2D eigenvalue weighted by Crippen LogP contribution is 2.36. The molecule has 21 heavy (non-hydrogen) atoms. The maximum atomic E-state index is 5.60. The molecule has 0 spiro atoms. The summed E-state index contributed by atoms with van der Waals surface area (Å²) in [6.45, 7) is 12.0. The first kappa shape index (κ1) is 18.3.